The summed E-state index contributed by atoms with van der Waals surface area (Å²) in [6, 6.07) is 0. The van der Waals surface area contributed by atoms with Gasteiger partial charge in [0.1, 0.15) is 0 Å². The van der Waals surface area contributed by atoms with Gasteiger partial charge in [-0.05, 0) is 19.3 Å². The molecular formula is C15H26O5. The molecule has 5 nitrogen and oxygen atoms in total. The number of esters is 2. The molecule has 1 saturated heterocycles. The van der Waals surface area contributed by atoms with Crippen molar-refractivity contribution in [3.63, 3.8) is 0 Å². The molecule has 1 unspecified atom stereocenters. The number of carbonyl (C=O) groups is 2. The van der Waals surface area contributed by atoms with Crippen molar-refractivity contribution in [3.05, 3.63) is 0 Å². The third-order valence-corrected chi connectivity index (χ3v) is 4.07. The maximum atomic E-state index is 11.4. The molecule has 1 aliphatic heterocycles. The molecule has 0 aliphatic carbocycles. The number of hydrogen-bond acceptors (Lipinski definition) is 5. The molecule has 1 aliphatic rings. The first kappa shape index (κ1) is 17.0. The van der Waals surface area contributed by atoms with Crippen molar-refractivity contribution >= 4 is 11.9 Å². The maximum absolute atomic E-state index is 11.4. The van der Waals surface area contributed by atoms with Gasteiger partial charge in [0.15, 0.2) is 6.10 Å². The molecule has 0 bridgehead atoms. The van der Waals surface area contributed by atoms with Gasteiger partial charge in [-0.3, -0.25) is 9.59 Å². The van der Waals surface area contributed by atoms with E-state index in [4.69, 9.17) is 14.2 Å². The van der Waals surface area contributed by atoms with Gasteiger partial charge < -0.3 is 14.2 Å². The van der Waals surface area contributed by atoms with Crippen LogP contribution in [0, 0.1) is 5.92 Å². The molecule has 1 fully saturated rings. The summed E-state index contributed by atoms with van der Waals surface area (Å²) in [6.07, 6.45) is 2.11. The topological polar surface area (TPSA) is 61.8 Å². The minimum atomic E-state index is -0.798. The van der Waals surface area contributed by atoms with Crippen LogP contribution in [0.25, 0.3) is 0 Å². The summed E-state index contributed by atoms with van der Waals surface area (Å²) in [7, 11) is 0. The first-order valence-corrected chi connectivity index (χ1v) is 7.42. The zero-order valence-corrected chi connectivity index (χ0v) is 13.1. The van der Waals surface area contributed by atoms with Gasteiger partial charge in [0.2, 0.25) is 6.29 Å². The van der Waals surface area contributed by atoms with E-state index in [-0.39, 0.29) is 11.9 Å². The summed E-state index contributed by atoms with van der Waals surface area (Å²) in [4.78, 5) is 22.6. The van der Waals surface area contributed by atoms with E-state index in [9.17, 15) is 9.59 Å². The first-order chi connectivity index (χ1) is 9.40. The van der Waals surface area contributed by atoms with Crippen molar-refractivity contribution < 1.29 is 23.8 Å². The quantitative estimate of drug-likeness (QED) is 0.703. The van der Waals surface area contributed by atoms with E-state index in [0.717, 1.165) is 25.7 Å². The first-order valence-electron chi connectivity index (χ1n) is 7.42. The van der Waals surface area contributed by atoms with Crippen molar-refractivity contribution in [1.82, 2.24) is 0 Å². The second-order valence-corrected chi connectivity index (χ2v) is 5.34. The summed E-state index contributed by atoms with van der Waals surface area (Å²) >= 11 is 0. The smallest absolute Gasteiger partial charge is 0.305 e. The molecule has 0 N–H and O–H groups in total. The van der Waals surface area contributed by atoms with Crippen LogP contribution in [-0.2, 0) is 23.8 Å². The van der Waals surface area contributed by atoms with Crippen LogP contribution < -0.4 is 0 Å². The van der Waals surface area contributed by atoms with E-state index in [2.05, 4.69) is 6.92 Å². The van der Waals surface area contributed by atoms with Crippen molar-refractivity contribution in [3.8, 4) is 0 Å². The van der Waals surface area contributed by atoms with Crippen LogP contribution in [0.2, 0.25) is 0 Å². The summed E-state index contributed by atoms with van der Waals surface area (Å²) < 4.78 is 16.6. The largest absolute Gasteiger partial charge is 0.455 e. The minimum Gasteiger partial charge on any atom is -0.455 e. The SMILES string of the molecule is CCC[C@H]1[C@@H](OC(C)=O)C(OC(C)=O)OC1(CC)CC. The molecule has 0 amide bonds. The van der Waals surface area contributed by atoms with Crippen molar-refractivity contribution in [1.29, 1.82) is 0 Å². The van der Waals surface area contributed by atoms with Crippen LogP contribution in [0.1, 0.15) is 60.3 Å². The fourth-order valence-corrected chi connectivity index (χ4v) is 3.14. The molecule has 3 atom stereocenters. The Morgan fingerprint density at radius 1 is 1.05 bits per heavy atom. The fraction of sp³-hybridized carbons (Fsp3) is 0.867. The molecular weight excluding hydrogens is 260 g/mol. The standard InChI is InChI=1S/C15H26O5/c1-6-9-12-13(18-10(4)16)14(19-11(5)17)20-15(12,7-2)8-3/h12-14H,6-9H2,1-5H3/t12-,13+,14?/m0/s1. The minimum absolute atomic E-state index is 0.0516. The van der Waals surface area contributed by atoms with Gasteiger partial charge in [0.25, 0.3) is 0 Å². The second kappa shape index (κ2) is 7.07. The van der Waals surface area contributed by atoms with E-state index in [1.807, 2.05) is 13.8 Å². The molecule has 0 aromatic heterocycles. The van der Waals surface area contributed by atoms with Gasteiger partial charge in [-0.2, -0.15) is 0 Å². The van der Waals surface area contributed by atoms with Gasteiger partial charge in [0.05, 0.1) is 5.60 Å². The zero-order chi connectivity index (χ0) is 15.3. The van der Waals surface area contributed by atoms with Crippen LogP contribution in [-0.4, -0.2) is 29.9 Å². The molecule has 0 aromatic carbocycles. The molecule has 0 radical (unpaired) electrons. The monoisotopic (exact) mass is 286 g/mol. The number of carbonyl (C=O) groups excluding carboxylic acids is 2. The zero-order valence-electron chi connectivity index (χ0n) is 13.1. The average molecular weight is 286 g/mol. The summed E-state index contributed by atoms with van der Waals surface area (Å²) in [5.74, 6) is -0.749. The summed E-state index contributed by atoms with van der Waals surface area (Å²) in [6.45, 7) is 8.88. The Kier molecular flexibility index (Phi) is 5.99. The van der Waals surface area contributed by atoms with Gasteiger partial charge in [-0.25, -0.2) is 0 Å². The molecule has 116 valence electrons. The van der Waals surface area contributed by atoms with Crippen LogP contribution >= 0.6 is 0 Å². The lowest BCUT2D eigenvalue weighted by atomic mass is 9.79. The van der Waals surface area contributed by atoms with Gasteiger partial charge in [-0.15, -0.1) is 0 Å². The Bertz CT molecular complexity index is 348. The lowest BCUT2D eigenvalue weighted by molar-refractivity contribution is -0.205. The van der Waals surface area contributed by atoms with Gasteiger partial charge >= 0.3 is 11.9 Å². The van der Waals surface area contributed by atoms with Crippen LogP contribution in [0.15, 0.2) is 0 Å². The highest BCUT2D eigenvalue weighted by Gasteiger charge is 2.55. The molecule has 0 aromatic rings. The predicted molar refractivity (Wildman–Crippen MR) is 73.9 cm³/mol. The molecule has 0 spiro atoms. The van der Waals surface area contributed by atoms with E-state index in [0.29, 0.717) is 0 Å². The normalized spacial score (nSPS) is 28.1. The molecule has 1 heterocycles. The van der Waals surface area contributed by atoms with E-state index in [1.165, 1.54) is 13.8 Å². The number of ether oxygens (including phenoxy) is 3. The lowest BCUT2D eigenvalue weighted by Gasteiger charge is -2.32. The van der Waals surface area contributed by atoms with Crippen LogP contribution in [0.4, 0.5) is 0 Å². The Morgan fingerprint density at radius 2 is 1.60 bits per heavy atom. The Morgan fingerprint density at radius 3 is 2.00 bits per heavy atom. The number of rotatable bonds is 6. The fourth-order valence-electron chi connectivity index (χ4n) is 3.14. The van der Waals surface area contributed by atoms with E-state index >= 15 is 0 Å². The van der Waals surface area contributed by atoms with Gasteiger partial charge in [-0.1, -0.05) is 27.2 Å². The summed E-state index contributed by atoms with van der Waals surface area (Å²) in [5.41, 5.74) is -0.393. The van der Waals surface area contributed by atoms with Crippen LogP contribution in [0.5, 0.6) is 0 Å². The van der Waals surface area contributed by atoms with E-state index in [1.54, 1.807) is 0 Å². The summed E-state index contributed by atoms with van der Waals surface area (Å²) in [5, 5.41) is 0. The van der Waals surface area contributed by atoms with Crippen molar-refractivity contribution in [2.24, 2.45) is 5.92 Å². The second-order valence-electron chi connectivity index (χ2n) is 5.34. The highest BCUT2D eigenvalue weighted by atomic mass is 16.7. The molecule has 0 saturated carbocycles. The van der Waals surface area contributed by atoms with E-state index < -0.39 is 24.0 Å². The van der Waals surface area contributed by atoms with Crippen LogP contribution in [0.3, 0.4) is 0 Å². The lowest BCUT2D eigenvalue weighted by Crippen LogP contribution is -2.39. The third-order valence-electron chi connectivity index (χ3n) is 4.07. The highest BCUT2D eigenvalue weighted by Crippen LogP contribution is 2.45. The highest BCUT2D eigenvalue weighted by molar-refractivity contribution is 5.67. The van der Waals surface area contributed by atoms with Crippen molar-refractivity contribution in [2.75, 3.05) is 0 Å². The molecule has 1 rings (SSSR count). The maximum Gasteiger partial charge on any atom is 0.305 e. The van der Waals surface area contributed by atoms with Gasteiger partial charge in [0, 0.05) is 19.8 Å². The molecule has 20 heavy (non-hydrogen) atoms. The van der Waals surface area contributed by atoms with Crippen molar-refractivity contribution in [2.45, 2.75) is 78.3 Å². The Balaban J connectivity index is 3.06. The molecule has 5 heteroatoms. The Labute approximate surface area is 121 Å². The predicted octanol–water partition coefficient (Wildman–Crippen LogP) is 2.81. The Hall–Kier alpha value is -1.10. The number of hydrogen-bond donors (Lipinski definition) is 0. The average Bonchev–Trinajstić information content (AvgIpc) is 2.64. The third kappa shape index (κ3) is 3.51.